The molecule has 0 atom stereocenters. The van der Waals surface area contributed by atoms with Crippen LogP contribution < -0.4 is 10.6 Å². The van der Waals surface area contributed by atoms with Crippen LogP contribution in [0, 0.1) is 0 Å². The first-order valence-corrected chi connectivity index (χ1v) is 15.9. The van der Waals surface area contributed by atoms with Crippen molar-refractivity contribution >= 4 is 17.5 Å². The molecule has 0 aliphatic heterocycles. The average Bonchev–Trinajstić information content (AvgIpc) is 2.90. The van der Waals surface area contributed by atoms with Crippen LogP contribution in [-0.4, -0.2) is 18.4 Å². The Morgan fingerprint density at radius 3 is 1.54 bits per heavy atom. The number of unbranched alkanes of at least 4 members (excludes halogenated alkanes) is 19. The number of hydrogen-bond donors (Lipinski definition) is 2. The monoisotopic (exact) mass is 514 g/mol. The van der Waals surface area contributed by atoms with E-state index in [0.717, 1.165) is 25.7 Å². The third-order valence-corrected chi connectivity index (χ3v) is 7.23. The Bertz CT molecular complexity index is 689. The number of carbonyl (C=O) groups excluding carboxylic acids is 2. The first-order chi connectivity index (χ1) is 18.2. The third-order valence-electron chi connectivity index (χ3n) is 7.23. The lowest BCUT2D eigenvalue weighted by molar-refractivity contribution is -0.116. The fourth-order valence-corrected chi connectivity index (χ4v) is 4.81. The van der Waals surface area contributed by atoms with Crippen LogP contribution in [-0.2, 0) is 4.79 Å². The van der Waals surface area contributed by atoms with Gasteiger partial charge in [0.15, 0.2) is 0 Å². The summed E-state index contributed by atoms with van der Waals surface area (Å²) in [6.07, 6.45) is 28.3. The van der Waals surface area contributed by atoms with E-state index >= 15 is 0 Å². The maximum absolute atomic E-state index is 12.3. The van der Waals surface area contributed by atoms with Gasteiger partial charge in [0.1, 0.15) is 0 Å². The molecule has 0 aliphatic carbocycles. The predicted octanol–water partition coefficient (Wildman–Crippen LogP) is 9.98. The SMILES string of the molecule is CCCCCCCCCCCCCCCCCCCCCC(=O)Nc1cccc(C(=O)NCCCC)c1. The molecule has 4 heteroatoms. The highest BCUT2D eigenvalue weighted by Crippen LogP contribution is 2.16. The molecule has 1 rings (SSSR count). The first-order valence-electron chi connectivity index (χ1n) is 15.9. The van der Waals surface area contributed by atoms with Crippen molar-refractivity contribution in [2.45, 2.75) is 155 Å². The van der Waals surface area contributed by atoms with Crippen molar-refractivity contribution in [1.29, 1.82) is 0 Å². The minimum absolute atomic E-state index is 0.0375. The number of rotatable bonds is 25. The van der Waals surface area contributed by atoms with E-state index in [2.05, 4.69) is 24.5 Å². The quantitative estimate of drug-likeness (QED) is 0.128. The summed E-state index contributed by atoms with van der Waals surface area (Å²) in [5.41, 5.74) is 1.29. The molecule has 4 nitrogen and oxygen atoms in total. The van der Waals surface area contributed by atoms with Crippen molar-refractivity contribution in [1.82, 2.24) is 5.32 Å². The van der Waals surface area contributed by atoms with Crippen LogP contribution in [0.4, 0.5) is 5.69 Å². The molecule has 0 fully saturated rings. The highest BCUT2D eigenvalue weighted by atomic mass is 16.2. The fraction of sp³-hybridized carbons (Fsp3) is 0.758. The molecule has 0 bridgehead atoms. The van der Waals surface area contributed by atoms with Crippen LogP contribution in [0.3, 0.4) is 0 Å². The maximum Gasteiger partial charge on any atom is 0.251 e. The second-order valence-electron chi connectivity index (χ2n) is 10.9. The molecule has 0 aliphatic rings. The molecule has 2 amide bonds. The molecule has 0 saturated heterocycles. The van der Waals surface area contributed by atoms with Crippen LogP contribution in [0.25, 0.3) is 0 Å². The molecule has 37 heavy (non-hydrogen) atoms. The molecule has 0 radical (unpaired) electrons. The van der Waals surface area contributed by atoms with E-state index in [1.165, 1.54) is 109 Å². The Morgan fingerprint density at radius 2 is 1.05 bits per heavy atom. The van der Waals surface area contributed by atoms with E-state index in [9.17, 15) is 9.59 Å². The molecular formula is C33H58N2O2. The largest absolute Gasteiger partial charge is 0.352 e. The lowest BCUT2D eigenvalue weighted by Crippen LogP contribution is -2.24. The zero-order valence-corrected chi connectivity index (χ0v) is 24.4. The Balaban J connectivity index is 1.91. The van der Waals surface area contributed by atoms with Gasteiger partial charge in [0.05, 0.1) is 0 Å². The Kier molecular flexibility index (Phi) is 22.0. The maximum atomic E-state index is 12.3. The first kappa shape index (κ1) is 33.2. The van der Waals surface area contributed by atoms with Gasteiger partial charge in [-0.05, 0) is 31.0 Å². The number of hydrogen-bond acceptors (Lipinski definition) is 2. The van der Waals surface area contributed by atoms with Gasteiger partial charge in [-0.2, -0.15) is 0 Å². The fourth-order valence-electron chi connectivity index (χ4n) is 4.81. The zero-order chi connectivity index (χ0) is 26.8. The molecule has 0 heterocycles. The summed E-state index contributed by atoms with van der Waals surface area (Å²) in [6.45, 7) is 5.07. The highest BCUT2D eigenvalue weighted by Gasteiger charge is 2.07. The van der Waals surface area contributed by atoms with Gasteiger partial charge in [-0.3, -0.25) is 9.59 Å². The van der Waals surface area contributed by atoms with Gasteiger partial charge in [0, 0.05) is 24.2 Å². The molecule has 1 aromatic rings. The third kappa shape index (κ3) is 19.9. The van der Waals surface area contributed by atoms with Crippen molar-refractivity contribution in [3.8, 4) is 0 Å². The molecule has 0 saturated carbocycles. The van der Waals surface area contributed by atoms with Crippen molar-refractivity contribution in [2.24, 2.45) is 0 Å². The number of carbonyl (C=O) groups is 2. The van der Waals surface area contributed by atoms with E-state index in [-0.39, 0.29) is 11.8 Å². The van der Waals surface area contributed by atoms with E-state index < -0.39 is 0 Å². The van der Waals surface area contributed by atoms with Crippen LogP contribution in [0.2, 0.25) is 0 Å². The van der Waals surface area contributed by atoms with E-state index in [1.807, 2.05) is 12.1 Å². The van der Waals surface area contributed by atoms with E-state index in [0.29, 0.717) is 24.2 Å². The summed E-state index contributed by atoms with van der Waals surface area (Å²) < 4.78 is 0. The topological polar surface area (TPSA) is 58.2 Å². The van der Waals surface area contributed by atoms with Crippen LogP contribution >= 0.6 is 0 Å². The van der Waals surface area contributed by atoms with Crippen molar-refractivity contribution < 1.29 is 9.59 Å². The number of benzene rings is 1. The molecule has 0 unspecified atom stereocenters. The molecule has 212 valence electrons. The van der Waals surface area contributed by atoms with Gasteiger partial charge in [-0.1, -0.05) is 142 Å². The van der Waals surface area contributed by atoms with Gasteiger partial charge in [0.25, 0.3) is 5.91 Å². The average molecular weight is 515 g/mol. The molecule has 2 N–H and O–H groups in total. The molecular weight excluding hydrogens is 456 g/mol. The van der Waals surface area contributed by atoms with E-state index in [1.54, 1.807) is 12.1 Å². The Morgan fingerprint density at radius 1 is 0.595 bits per heavy atom. The standard InChI is InChI=1S/C33H58N2O2/c1-3-5-7-8-9-10-11-12-13-14-15-16-17-18-19-20-21-22-23-27-32(36)35-31-26-24-25-30(29-31)33(37)34-28-6-4-2/h24-26,29H,3-23,27-28H2,1-2H3,(H,34,37)(H,35,36). The number of nitrogens with one attached hydrogen (secondary N) is 2. The van der Waals surface area contributed by atoms with Gasteiger partial charge in [-0.25, -0.2) is 0 Å². The van der Waals surface area contributed by atoms with Crippen molar-refractivity contribution in [3.63, 3.8) is 0 Å². The summed E-state index contributed by atoms with van der Waals surface area (Å²) in [7, 11) is 0. The molecule has 0 aromatic heterocycles. The van der Waals surface area contributed by atoms with Crippen LogP contribution in [0.15, 0.2) is 24.3 Å². The summed E-state index contributed by atoms with van der Waals surface area (Å²) in [6, 6.07) is 7.21. The van der Waals surface area contributed by atoms with Crippen LogP contribution in [0.1, 0.15) is 165 Å². The van der Waals surface area contributed by atoms with Gasteiger partial charge in [0.2, 0.25) is 5.91 Å². The summed E-state index contributed by atoms with van der Waals surface area (Å²) in [5, 5.41) is 5.86. The Labute approximate surface area is 229 Å². The smallest absolute Gasteiger partial charge is 0.251 e. The van der Waals surface area contributed by atoms with Gasteiger partial charge >= 0.3 is 0 Å². The second kappa shape index (κ2) is 24.5. The molecule has 0 spiro atoms. The normalized spacial score (nSPS) is 11.0. The van der Waals surface area contributed by atoms with Crippen molar-refractivity contribution in [3.05, 3.63) is 29.8 Å². The lowest BCUT2D eigenvalue weighted by atomic mass is 10.0. The minimum Gasteiger partial charge on any atom is -0.352 e. The number of anilines is 1. The Hall–Kier alpha value is -1.84. The molecule has 1 aromatic carbocycles. The highest BCUT2D eigenvalue weighted by molar-refractivity contribution is 5.97. The zero-order valence-electron chi connectivity index (χ0n) is 24.4. The van der Waals surface area contributed by atoms with Gasteiger partial charge in [-0.15, -0.1) is 0 Å². The predicted molar refractivity (Wildman–Crippen MR) is 160 cm³/mol. The second-order valence-corrected chi connectivity index (χ2v) is 10.9. The summed E-state index contributed by atoms with van der Waals surface area (Å²) >= 11 is 0. The van der Waals surface area contributed by atoms with Crippen molar-refractivity contribution in [2.75, 3.05) is 11.9 Å². The lowest BCUT2D eigenvalue weighted by Gasteiger charge is -2.08. The summed E-state index contributed by atoms with van der Waals surface area (Å²) in [4.78, 5) is 24.5. The van der Waals surface area contributed by atoms with Gasteiger partial charge < -0.3 is 10.6 Å². The van der Waals surface area contributed by atoms with E-state index in [4.69, 9.17) is 0 Å². The number of amides is 2. The summed E-state index contributed by atoms with van der Waals surface area (Å²) in [5.74, 6) is -0.0427. The minimum atomic E-state index is -0.0802. The van der Waals surface area contributed by atoms with Crippen LogP contribution in [0.5, 0.6) is 0 Å².